The van der Waals surface area contributed by atoms with Crippen LogP contribution >= 0.6 is 0 Å². The van der Waals surface area contributed by atoms with Crippen LogP contribution in [0.4, 0.5) is 0 Å². The molecule has 0 aromatic heterocycles. The van der Waals surface area contributed by atoms with Gasteiger partial charge < -0.3 is 9.84 Å². The molecule has 1 aromatic rings. The molecule has 0 saturated heterocycles. The molecule has 0 bridgehead atoms. The van der Waals surface area contributed by atoms with Crippen molar-refractivity contribution < 1.29 is 14.6 Å². The molecule has 0 aliphatic heterocycles. The van der Waals surface area contributed by atoms with Crippen LogP contribution < -0.4 is 0 Å². The number of benzene rings is 1. The quantitative estimate of drug-likeness (QED) is 0.788. The molecule has 3 heteroatoms. The van der Waals surface area contributed by atoms with Gasteiger partial charge in [0.25, 0.3) is 0 Å². The molecule has 1 N–H and O–H groups in total. The molecule has 0 heterocycles. The monoisotopic (exact) mass is 220 g/mol. The fraction of sp³-hybridized carbons (Fsp3) is 0.462. The Bertz CT molecular complexity index is 345. The molecule has 1 aliphatic carbocycles. The molecule has 0 radical (unpaired) electrons. The summed E-state index contributed by atoms with van der Waals surface area (Å²) >= 11 is 0. The zero-order valence-corrected chi connectivity index (χ0v) is 9.13. The number of rotatable bonds is 4. The molecule has 0 unspecified atom stereocenters. The molecule has 0 amide bonds. The molecule has 2 atom stereocenters. The SMILES string of the molecule is O=C(OC[C@@H]1CC[C@H]1CO)c1ccccc1. The van der Waals surface area contributed by atoms with Crippen molar-refractivity contribution in [3.05, 3.63) is 35.9 Å². The van der Waals surface area contributed by atoms with Crippen molar-refractivity contribution in [2.24, 2.45) is 11.8 Å². The summed E-state index contributed by atoms with van der Waals surface area (Å²) in [7, 11) is 0. The molecule has 1 fully saturated rings. The van der Waals surface area contributed by atoms with Crippen molar-refractivity contribution in [2.75, 3.05) is 13.2 Å². The number of hydrogen-bond donors (Lipinski definition) is 1. The fourth-order valence-electron chi connectivity index (χ4n) is 1.94. The largest absolute Gasteiger partial charge is 0.462 e. The van der Waals surface area contributed by atoms with E-state index >= 15 is 0 Å². The van der Waals surface area contributed by atoms with Crippen LogP contribution in [-0.4, -0.2) is 24.3 Å². The lowest BCUT2D eigenvalue weighted by atomic mass is 9.75. The Morgan fingerprint density at radius 2 is 1.94 bits per heavy atom. The predicted molar refractivity (Wildman–Crippen MR) is 60.0 cm³/mol. The smallest absolute Gasteiger partial charge is 0.338 e. The Kier molecular flexibility index (Phi) is 3.57. The Morgan fingerprint density at radius 3 is 2.50 bits per heavy atom. The maximum Gasteiger partial charge on any atom is 0.338 e. The van der Waals surface area contributed by atoms with Gasteiger partial charge >= 0.3 is 5.97 Å². The number of hydrogen-bond acceptors (Lipinski definition) is 3. The van der Waals surface area contributed by atoms with Crippen molar-refractivity contribution in [3.63, 3.8) is 0 Å². The van der Waals surface area contributed by atoms with Crippen LogP contribution in [0.1, 0.15) is 23.2 Å². The van der Waals surface area contributed by atoms with Gasteiger partial charge in [-0.05, 0) is 36.8 Å². The van der Waals surface area contributed by atoms with Gasteiger partial charge in [0.05, 0.1) is 12.2 Å². The lowest BCUT2D eigenvalue weighted by molar-refractivity contribution is 0.0103. The first-order chi connectivity index (χ1) is 7.81. The van der Waals surface area contributed by atoms with E-state index in [4.69, 9.17) is 9.84 Å². The predicted octanol–water partition coefficient (Wildman–Crippen LogP) is 1.86. The average molecular weight is 220 g/mol. The maximum atomic E-state index is 11.6. The number of esters is 1. The average Bonchev–Trinajstić information content (AvgIpc) is 2.29. The lowest BCUT2D eigenvalue weighted by Gasteiger charge is -2.34. The van der Waals surface area contributed by atoms with Crippen LogP contribution in [-0.2, 0) is 4.74 Å². The molecule has 0 spiro atoms. The highest BCUT2D eigenvalue weighted by Gasteiger charge is 2.31. The third kappa shape index (κ3) is 2.42. The van der Waals surface area contributed by atoms with Gasteiger partial charge in [0.2, 0.25) is 0 Å². The van der Waals surface area contributed by atoms with Crippen LogP contribution in [0.2, 0.25) is 0 Å². The number of carbonyl (C=O) groups is 1. The van der Waals surface area contributed by atoms with Crippen LogP contribution in [0.5, 0.6) is 0 Å². The standard InChI is InChI=1S/C13H16O3/c14-8-11-6-7-12(11)9-16-13(15)10-4-2-1-3-5-10/h1-5,11-12,14H,6-9H2/t11-,12-/m0/s1. The zero-order valence-electron chi connectivity index (χ0n) is 9.13. The summed E-state index contributed by atoms with van der Waals surface area (Å²) in [6.07, 6.45) is 2.09. The minimum absolute atomic E-state index is 0.202. The van der Waals surface area contributed by atoms with E-state index in [-0.39, 0.29) is 12.6 Å². The third-order valence-electron chi connectivity index (χ3n) is 3.25. The van der Waals surface area contributed by atoms with E-state index in [1.165, 1.54) is 0 Å². The van der Waals surface area contributed by atoms with E-state index in [2.05, 4.69) is 0 Å². The maximum absolute atomic E-state index is 11.6. The Hall–Kier alpha value is -1.35. The van der Waals surface area contributed by atoms with Gasteiger partial charge in [-0.3, -0.25) is 0 Å². The van der Waals surface area contributed by atoms with Crippen molar-refractivity contribution in [2.45, 2.75) is 12.8 Å². The highest BCUT2D eigenvalue weighted by molar-refractivity contribution is 5.89. The lowest BCUT2D eigenvalue weighted by Crippen LogP contribution is -2.33. The van der Waals surface area contributed by atoms with E-state index in [1.807, 2.05) is 18.2 Å². The van der Waals surface area contributed by atoms with Crippen LogP contribution in [0.25, 0.3) is 0 Å². The van der Waals surface area contributed by atoms with Gasteiger partial charge in [-0.25, -0.2) is 4.79 Å². The molecule has 1 aliphatic rings. The highest BCUT2D eigenvalue weighted by atomic mass is 16.5. The number of aliphatic hydroxyl groups is 1. The van der Waals surface area contributed by atoms with Crippen molar-refractivity contribution in [1.29, 1.82) is 0 Å². The highest BCUT2D eigenvalue weighted by Crippen LogP contribution is 2.33. The first-order valence-corrected chi connectivity index (χ1v) is 5.64. The summed E-state index contributed by atoms with van der Waals surface area (Å²) in [4.78, 5) is 11.6. The van der Waals surface area contributed by atoms with Gasteiger partial charge in [0, 0.05) is 6.61 Å². The Morgan fingerprint density at radius 1 is 1.25 bits per heavy atom. The van der Waals surface area contributed by atoms with E-state index in [0.717, 1.165) is 12.8 Å². The topological polar surface area (TPSA) is 46.5 Å². The Labute approximate surface area is 95.0 Å². The van der Waals surface area contributed by atoms with Crippen LogP contribution in [0.3, 0.4) is 0 Å². The summed E-state index contributed by atoms with van der Waals surface area (Å²) in [5.74, 6) is 0.394. The van der Waals surface area contributed by atoms with Crippen LogP contribution in [0, 0.1) is 11.8 Å². The first-order valence-electron chi connectivity index (χ1n) is 5.64. The first kappa shape index (κ1) is 11.1. The normalized spacial score (nSPS) is 23.6. The second-order valence-corrected chi connectivity index (χ2v) is 4.24. The molecule has 1 aromatic carbocycles. The summed E-state index contributed by atoms with van der Waals surface area (Å²) < 4.78 is 5.21. The molecule has 86 valence electrons. The second-order valence-electron chi connectivity index (χ2n) is 4.24. The van der Waals surface area contributed by atoms with E-state index in [0.29, 0.717) is 24.0 Å². The van der Waals surface area contributed by atoms with Crippen LogP contribution in [0.15, 0.2) is 30.3 Å². The van der Waals surface area contributed by atoms with Gasteiger partial charge in [0.15, 0.2) is 0 Å². The van der Waals surface area contributed by atoms with Crippen molar-refractivity contribution in [3.8, 4) is 0 Å². The van der Waals surface area contributed by atoms with Crippen molar-refractivity contribution >= 4 is 5.97 Å². The molecule has 3 nitrogen and oxygen atoms in total. The number of aliphatic hydroxyl groups excluding tert-OH is 1. The van der Waals surface area contributed by atoms with Gasteiger partial charge in [-0.1, -0.05) is 18.2 Å². The van der Waals surface area contributed by atoms with Gasteiger partial charge in [-0.2, -0.15) is 0 Å². The molecular formula is C13H16O3. The minimum atomic E-state index is -0.274. The van der Waals surface area contributed by atoms with E-state index < -0.39 is 0 Å². The van der Waals surface area contributed by atoms with Crippen molar-refractivity contribution in [1.82, 2.24) is 0 Å². The summed E-state index contributed by atoms with van der Waals surface area (Å²) in [6, 6.07) is 8.98. The third-order valence-corrected chi connectivity index (χ3v) is 3.25. The molecule has 2 rings (SSSR count). The molecular weight excluding hydrogens is 204 g/mol. The molecule has 16 heavy (non-hydrogen) atoms. The van der Waals surface area contributed by atoms with E-state index in [1.54, 1.807) is 12.1 Å². The number of ether oxygens (including phenoxy) is 1. The summed E-state index contributed by atoms with van der Waals surface area (Å²) in [5, 5.41) is 9.00. The summed E-state index contributed by atoms with van der Waals surface area (Å²) in [5.41, 5.74) is 0.586. The van der Waals surface area contributed by atoms with E-state index in [9.17, 15) is 4.79 Å². The second kappa shape index (κ2) is 5.12. The Balaban J connectivity index is 1.80. The fourth-order valence-corrected chi connectivity index (χ4v) is 1.94. The molecule has 1 saturated carbocycles. The van der Waals surface area contributed by atoms with Gasteiger partial charge in [0.1, 0.15) is 0 Å². The summed E-state index contributed by atoms with van der Waals surface area (Å²) in [6.45, 7) is 0.631. The number of carbonyl (C=O) groups excluding carboxylic acids is 1. The minimum Gasteiger partial charge on any atom is -0.462 e. The van der Waals surface area contributed by atoms with Gasteiger partial charge in [-0.15, -0.1) is 0 Å². The zero-order chi connectivity index (χ0) is 11.4.